The van der Waals surface area contributed by atoms with Gasteiger partial charge in [-0.2, -0.15) is 0 Å². The van der Waals surface area contributed by atoms with Crippen LogP contribution in [0, 0.1) is 0 Å². The van der Waals surface area contributed by atoms with Crippen molar-refractivity contribution in [3.8, 4) is 5.75 Å². The van der Waals surface area contributed by atoms with Crippen molar-refractivity contribution in [2.24, 2.45) is 0 Å². The second kappa shape index (κ2) is 6.03. The first kappa shape index (κ1) is 14.0. The smallest absolute Gasteiger partial charge is 0.119 e. The highest BCUT2D eigenvalue weighted by Gasteiger charge is 2.13. The first-order valence-electron chi connectivity index (χ1n) is 6.08. The number of hydrogen-bond donors (Lipinski definition) is 2. The molecule has 0 radical (unpaired) electrons. The van der Waals surface area contributed by atoms with Crippen molar-refractivity contribution < 1.29 is 9.84 Å². The Labute approximate surface area is 104 Å². The van der Waals surface area contributed by atoms with Gasteiger partial charge in [0.05, 0.1) is 12.7 Å². The topological polar surface area (TPSA) is 41.5 Å². The maximum Gasteiger partial charge on any atom is 0.119 e. The van der Waals surface area contributed by atoms with E-state index in [0.29, 0.717) is 13.2 Å². The summed E-state index contributed by atoms with van der Waals surface area (Å²) in [7, 11) is 0. The number of hydrogen-bond acceptors (Lipinski definition) is 3. The van der Waals surface area contributed by atoms with Crippen LogP contribution in [0.5, 0.6) is 5.75 Å². The van der Waals surface area contributed by atoms with E-state index < -0.39 is 6.10 Å². The quantitative estimate of drug-likeness (QED) is 0.826. The molecule has 1 aromatic carbocycles. The first-order chi connectivity index (χ1) is 7.92. The van der Waals surface area contributed by atoms with Gasteiger partial charge in [0.25, 0.3) is 0 Å². The lowest BCUT2D eigenvalue weighted by molar-refractivity contribution is 0.163. The molecular formula is C14H23NO2. The summed E-state index contributed by atoms with van der Waals surface area (Å²) in [6.07, 6.45) is -0.482. The van der Waals surface area contributed by atoms with Crippen molar-refractivity contribution in [2.45, 2.75) is 39.3 Å². The van der Waals surface area contributed by atoms with Crippen LogP contribution in [0.25, 0.3) is 0 Å². The minimum absolute atomic E-state index is 0.0201. The predicted molar refractivity (Wildman–Crippen MR) is 70.3 cm³/mol. The number of rotatable bonds is 5. The van der Waals surface area contributed by atoms with Crippen molar-refractivity contribution in [3.63, 3.8) is 0 Å². The zero-order chi connectivity index (χ0) is 12.9. The number of aliphatic hydroxyl groups excluding tert-OH is 1. The van der Waals surface area contributed by atoms with Crippen LogP contribution in [0.1, 0.15) is 39.4 Å². The van der Waals surface area contributed by atoms with Gasteiger partial charge in [-0.25, -0.2) is 0 Å². The van der Waals surface area contributed by atoms with Crippen molar-refractivity contribution in [2.75, 3.05) is 13.2 Å². The molecule has 96 valence electrons. The molecule has 1 atom stereocenters. The molecule has 0 heterocycles. The van der Waals surface area contributed by atoms with E-state index in [2.05, 4.69) is 26.1 Å². The van der Waals surface area contributed by atoms with Crippen LogP contribution in [-0.2, 0) is 0 Å². The molecular weight excluding hydrogens is 214 g/mol. The second-order valence-corrected chi connectivity index (χ2v) is 5.15. The SMILES string of the molecule is CCOc1ccc(C(O)CNC(C)(C)C)cc1. The zero-order valence-electron chi connectivity index (χ0n) is 11.2. The van der Waals surface area contributed by atoms with E-state index in [0.717, 1.165) is 11.3 Å². The van der Waals surface area contributed by atoms with E-state index in [9.17, 15) is 5.11 Å². The Hall–Kier alpha value is -1.06. The molecule has 0 aliphatic carbocycles. The molecule has 3 heteroatoms. The lowest BCUT2D eigenvalue weighted by Gasteiger charge is -2.23. The summed E-state index contributed by atoms with van der Waals surface area (Å²) >= 11 is 0. The number of nitrogens with one attached hydrogen (secondary N) is 1. The van der Waals surface area contributed by atoms with Crippen LogP contribution in [0.4, 0.5) is 0 Å². The predicted octanol–water partition coefficient (Wildman–Crippen LogP) is 2.51. The van der Waals surface area contributed by atoms with Crippen LogP contribution in [0.15, 0.2) is 24.3 Å². The first-order valence-corrected chi connectivity index (χ1v) is 6.08. The van der Waals surface area contributed by atoms with Crippen molar-refractivity contribution in [3.05, 3.63) is 29.8 Å². The Kier molecular flexibility index (Phi) is 4.97. The third kappa shape index (κ3) is 5.20. The number of ether oxygens (including phenoxy) is 1. The van der Waals surface area contributed by atoms with E-state index in [4.69, 9.17) is 4.74 Å². The van der Waals surface area contributed by atoms with Gasteiger partial charge in [0.15, 0.2) is 0 Å². The third-order valence-corrected chi connectivity index (χ3v) is 2.40. The van der Waals surface area contributed by atoms with Crippen LogP contribution in [-0.4, -0.2) is 23.8 Å². The fourth-order valence-electron chi connectivity index (χ4n) is 1.47. The van der Waals surface area contributed by atoms with Crippen molar-refractivity contribution in [1.82, 2.24) is 5.32 Å². The van der Waals surface area contributed by atoms with Gasteiger partial charge >= 0.3 is 0 Å². The largest absolute Gasteiger partial charge is 0.494 e. The van der Waals surface area contributed by atoms with Crippen molar-refractivity contribution in [1.29, 1.82) is 0 Å². The normalized spacial score (nSPS) is 13.5. The minimum atomic E-state index is -0.482. The van der Waals surface area contributed by atoms with Gasteiger partial charge in [-0.3, -0.25) is 0 Å². The minimum Gasteiger partial charge on any atom is -0.494 e. The van der Waals surface area contributed by atoms with Crippen LogP contribution >= 0.6 is 0 Å². The monoisotopic (exact) mass is 237 g/mol. The van der Waals surface area contributed by atoms with Crippen molar-refractivity contribution >= 4 is 0 Å². The second-order valence-electron chi connectivity index (χ2n) is 5.15. The zero-order valence-corrected chi connectivity index (χ0v) is 11.2. The summed E-state index contributed by atoms with van der Waals surface area (Å²) < 4.78 is 5.36. The van der Waals surface area contributed by atoms with E-state index in [1.807, 2.05) is 31.2 Å². The number of β-amino-alcohol motifs (C(OH)–C–C–N with tert-alkyl or cyclic N) is 1. The Balaban J connectivity index is 2.54. The highest BCUT2D eigenvalue weighted by molar-refractivity contribution is 5.28. The van der Waals surface area contributed by atoms with Gasteiger partial charge in [0.1, 0.15) is 5.75 Å². The highest BCUT2D eigenvalue weighted by Crippen LogP contribution is 2.18. The molecule has 0 aliphatic heterocycles. The van der Waals surface area contributed by atoms with E-state index in [1.165, 1.54) is 0 Å². The van der Waals surface area contributed by atoms with Gasteiger partial charge in [-0.1, -0.05) is 12.1 Å². The summed E-state index contributed by atoms with van der Waals surface area (Å²) in [6.45, 7) is 9.41. The maximum atomic E-state index is 10.0. The van der Waals surface area contributed by atoms with E-state index in [1.54, 1.807) is 0 Å². The Morgan fingerprint density at radius 2 is 1.82 bits per heavy atom. The standard InChI is InChI=1S/C14H23NO2/c1-5-17-12-8-6-11(7-9-12)13(16)10-15-14(2,3)4/h6-9,13,15-16H,5,10H2,1-4H3. The number of aliphatic hydroxyl groups is 1. The Morgan fingerprint density at radius 1 is 1.24 bits per heavy atom. The number of benzene rings is 1. The molecule has 3 nitrogen and oxygen atoms in total. The third-order valence-electron chi connectivity index (χ3n) is 2.40. The Morgan fingerprint density at radius 3 is 2.29 bits per heavy atom. The van der Waals surface area contributed by atoms with E-state index >= 15 is 0 Å². The highest BCUT2D eigenvalue weighted by atomic mass is 16.5. The molecule has 2 N–H and O–H groups in total. The van der Waals surface area contributed by atoms with Gasteiger partial charge in [0, 0.05) is 12.1 Å². The molecule has 1 aromatic rings. The summed E-state index contributed by atoms with van der Waals surface area (Å²) in [5.41, 5.74) is 0.928. The fraction of sp³-hybridized carbons (Fsp3) is 0.571. The van der Waals surface area contributed by atoms with Crippen LogP contribution < -0.4 is 10.1 Å². The van der Waals surface area contributed by atoms with Crippen LogP contribution in [0.3, 0.4) is 0 Å². The summed E-state index contributed by atoms with van der Waals surface area (Å²) in [4.78, 5) is 0. The summed E-state index contributed by atoms with van der Waals surface area (Å²) in [5.74, 6) is 0.840. The Bertz CT molecular complexity index is 327. The van der Waals surface area contributed by atoms with Gasteiger partial charge in [-0.05, 0) is 45.4 Å². The molecule has 17 heavy (non-hydrogen) atoms. The summed E-state index contributed by atoms with van der Waals surface area (Å²) in [5, 5.41) is 13.3. The lowest BCUT2D eigenvalue weighted by Crippen LogP contribution is -2.38. The average molecular weight is 237 g/mol. The lowest BCUT2D eigenvalue weighted by atomic mass is 10.1. The molecule has 0 fully saturated rings. The molecule has 0 saturated heterocycles. The fourth-order valence-corrected chi connectivity index (χ4v) is 1.47. The van der Waals surface area contributed by atoms with Gasteiger partial charge < -0.3 is 15.2 Å². The van der Waals surface area contributed by atoms with Crippen LogP contribution in [0.2, 0.25) is 0 Å². The molecule has 1 rings (SSSR count). The molecule has 0 aliphatic rings. The molecule has 0 saturated carbocycles. The molecule has 0 amide bonds. The maximum absolute atomic E-state index is 10.0. The van der Waals surface area contributed by atoms with Gasteiger partial charge in [0.2, 0.25) is 0 Å². The molecule has 0 spiro atoms. The van der Waals surface area contributed by atoms with Gasteiger partial charge in [-0.15, -0.1) is 0 Å². The molecule has 0 aromatic heterocycles. The summed E-state index contributed by atoms with van der Waals surface area (Å²) in [6, 6.07) is 7.58. The van der Waals surface area contributed by atoms with E-state index in [-0.39, 0.29) is 5.54 Å². The molecule has 1 unspecified atom stereocenters. The average Bonchev–Trinajstić information content (AvgIpc) is 2.26. The molecule has 0 bridgehead atoms.